The van der Waals surface area contributed by atoms with E-state index in [4.69, 9.17) is 4.74 Å². The molecule has 2 unspecified atom stereocenters. The third-order valence-corrected chi connectivity index (χ3v) is 4.39. The van der Waals surface area contributed by atoms with Gasteiger partial charge in [-0.1, -0.05) is 12.8 Å². The molecular formula is C17H33N3O2. The number of carbonyl (C=O) groups is 1. The zero-order valence-corrected chi connectivity index (χ0v) is 14.5. The van der Waals surface area contributed by atoms with Gasteiger partial charge in [-0.25, -0.2) is 4.79 Å². The highest BCUT2D eigenvalue weighted by Gasteiger charge is 2.26. The van der Waals surface area contributed by atoms with Crippen LogP contribution in [-0.2, 0) is 4.74 Å². The highest BCUT2D eigenvalue weighted by atomic mass is 16.6. The number of nitrogens with zero attached hydrogens (tertiary/aromatic N) is 1. The van der Waals surface area contributed by atoms with E-state index < -0.39 is 5.60 Å². The zero-order valence-electron chi connectivity index (χ0n) is 14.5. The van der Waals surface area contributed by atoms with Gasteiger partial charge in [-0.05, 0) is 53.0 Å². The third kappa shape index (κ3) is 6.13. The average molecular weight is 311 g/mol. The Bertz CT molecular complexity index is 348. The number of rotatable bonds is 3. The molecule has 2 heterocycles. The Morgan fingerprint density at radius 2 is 2.00 bits per heavy atom. The van der Waals surface area contributed by atoms with E-state index in [2.05, 4.69) is 10.6 Å². The van der Waals surface area contributed by atoms with Crippen LogP contribution in [0.1, 0.15) is 59.3 Å². The van der Waals surface area contributed by atoms with Crippen molar-refractivity contribution in [3.63, 3.8) is 0 Å². The van der Waals surface area contributed by atoms with Crippen LogP contribution in [-0.4, -0.2) is 54.9 Å². The predicted molar refractivity (Wildman–Crippen MR) is 89.1 cm³/mol. The number of ether oxygens (including phenoxy) is 1. The summed E-state index contributed by atoms with van der Waals surface area (Å²) in [7, 11) is 0. The lowest BCUT2D eigenvalue weighted by Gasteiger charge is -2.30. The first-order valence-electron chi connectivity index (χ1n) is 8.89. The molecular weight excluding hydrogens is 278 g/mol. The number of hydrogen-bond donors (Lipinski definition) is 2. The van der Waals surface area contributed by atoms with E-state index >= 15 is 0 Å². The maximum atomic E-state index is 12.3. The average Bonchev–Trinajstić information content (AvgIpc) is 2.70. The molecule has 2 saturated heterocycles. The van der Waals surface area contributed by atoms with Gasteiger partial charge >= 0.3 is 6.09 Å². The maximum Gasteiger partial charge on any atom is 0.410 e. The van der Waals surface area contributed by atoms with E-state index in [0.717, 1.165) is 39.0 Å². The van der Waals surface area contributed by atoms with Crippen molar-refractivity contribution in [1.82, 2.24) is 15.5 Å². The molecule has 0 bridgehead atoms. The van der Waals surface area contributed by atoms with Crippen molar-refractivity contribution in [2.45, 2.75) is 77.0 Å². The SMILES string of the molecule is CC(C)(C)OC(=O)N1CCCCC(NCC2CCCCN2)C1. The van der Waals surface area contributed by atoms with Crippen molar-refractivity contribution in [2.24, 2.45) is 0 Å². The van der Waals surface area contributed by atoms with Gasteiger partial charge in [0.25, 0.3) is 0 Å². The normalized spacial score (nSPS) is 27.3. The Hall–Kier alpha value is -0.810. The molecule has 2 aliphatic rings. The summed E-state index contributed by atoms with van der Waals surface area (Å²) >= 11 is 0. The topological polar surface area (TPSA) is 53.6 Å². The molecule has 2 atom stereocenters. The van der Waals surface area contributed by atoms with E-state index in [9.17, 15) is 4.79 Å². The van der Waals surface area contributed by atoms with Crippen molar-refractivity contribution in [1.29, 1.82) is 0 Å². The van der Waals surface area contributed by atoms with Crippen LogP contribution in [0.4, 0.5) is 4.79 Å². The minimum Gasteiger partial charge on any atom is -0.444 e. The number of nitrogens with one attached hydrogen (secondary N) is 2. The lowest BCUT2D eigenvalue weighted by atomic mass is 10.0. The summed E-state index contributed by atoms with van der Waals surface area (Å²) in [6.45, 7) is 9.50. The number of likely N-dealkylation sites (tertiary alicyclic amines) is 1. The summed E-state index contributed by atoms with van der Waals surface area (Å²) in [6, 6.07) is 0.978. The van der Waals surface area contributed by atoms with Crippen LogP contribution in [0.15, 0.2) is 0 Å². The molecule has 0 saturated carbocycles. The van der Waals surface area contributed by atoms with Crippen LogP contribution in [0.5, 0.6) is 0 Å². The van der Waals surface area contributed by atoms with Gasteiger partial charge < -0.3 is 20.3 Å². The van der Waals surface area contributed by atoms with E-state index in [1.807, 2.05) is 25.7 Å². The Labute approximate surface area is 135 Å². The molecule has 0 aromatic rings. The Morgan fingerprint density at radius 3 is 2.68 bits per heavy atom. The van der Waals surface area contributed by atoms with Crippen molar-refractivity contribution < 1.29 is 9.53 Å². The van der Waals surface area contributed by atoms with Gasteiger partial charge in [0.15, 0.2) is 0 Å². The molecule has 0 aromatic carbocycles. The van der Waals surface area contributed by atoms with E-state index in [1.54, 1.807) is 0 Å². The second-order valence-electron chi connectivity index (χ2n) is 7.67. The molecule has 128 valence electrons. The second kappa shape index (κ2) is 8.16. The highest BCUT2D eigenvalue weighted by Crippen LogP contribution is 2.16. The van der Waals surface area contributed by atoms with E-state index in [0.29, 0.717) is 12.1 Å². The van der Waals surface area contributed by atoms with E-state index in [-0.39, 0.29) is 6.09 Å². The molecule has 2 N–H and O–H groups in total. The summed E-state index contributed by atoms with van der Waals surface area (Å²) in [5.41, 5.74) is -0.418. The molecule has 1 amide bonds. The van der Waals surface area contributed by atoms with Crippen LogP contribution in [0.3, 0.4) is 0 Å². The summed E-state index contributed by atoms with van der Waals surface area (Å²) < 4.78 is 5.52. The van der Waals surface area contributed by atoms with Crippen LogP contribution >= 0.6 is 0 Å². The molecule has 0 radical (unpaired) electrons. The van der Waals surface area contributed by atoms with Crippen LogP contribution in [0, 0.1) is 0 Å². The fourth-order valence-corrected chi connectivity index (χ4v) is 3.21. The largest absolute Gasteiger partial charge is 0.444 e. The molecule has 5 nitrogen and oxygen atoms in total. The van der Waals surface area contributed by atoms with E-state index in [1.165, 1.54) is 25.7 Å². The third-order valence-electron chi connectivity index (χ3n) is 4.39. The van der Waals surface area contributed by atoms with Gasteiger partial charge in [-0.15, -0.1) is 0 Å². The van der Waals surface area contributed by atoms with Crippen molar-refractivity contribution in [3.05, 3.63) is 0 Å². The standard InChI is InChI=1S/C17H33N3O2/c1-17(2,3)22-16(21)20-11-7-5-9-15(13-20)19-12-14-8-4-6-10-18-14/h14-15,18-19H,4-13H2,1-3H3. The second-order valence-corrected chi connectivity index (χ2v) is 7.67. The number of amides is 1. The zero-order chi connectivity index (χ0) is 16.0. The fourth-order valence-electron chi connectivity index (χ4n) is 3.21. The molecule has 0 aliphatic carbocycles. The first kappa shape index (κ1) is 17.5. The maximum absolute atomic E-state index is 12.3. The number of carbonyl (C=O) groups excluding carboxylic acids is 1. The fraction of sp³-hybridized carbons (Fsp3) is 0.941. The van der Waals surface area contributed by atoms with Crippen molar-refractivity contribution >= 4 is 6.09 Å². The monoisotopic (exact) mass is 311 g/mol. The Balaban J connectivity index is 1.80. The van der Waals surface area contributed by atoms with Crippen molar-refractivity contribution in [2.75, 3.05) is 26.2 Å². The molecule has 2 fully saturated rings. The van der Waals surface area contributed by atoms with Gasteiger partial charge in [0.05, 0.1) is 0 Å². The molecule has 5 heteroatoms. The highest BCUT2D eigenvalue weighted by molar-refractivity contribution is 5.68. The first-order valence-corrected chi connectivity index (χ1v) is 8.89. The molecule has 0 spiro atoms. The van der Waals surface area contributed by atoms with Gasteiger partial charge in [0.2, 0.25) is 0 Å². The van der Waals surface area contributed by atoms with Crippen LogP contribution < -0.4 is 10.6 Å². The van der Waals surface area contributed by atoms with Gasteiger partial charge in [-0.2, -0.15) is 0 Å². The first-order chi connectivity index (χ1) is 10.4. The van der Waals surface area contributed by atoms with Crippen LogP contribution in [0.25, 0.3) is 0 Å². The smallest absolute Gasteiger partial charge is 0.410 e. The Kier molecular flexibility index (Phi) is 6.50. The summed E-state index contributed by atoms with van der Waals surface area (Å²) in [5, 5.41) is 7.24. The van der Waals surface area contributed by atoms with Gasteiger partial charge in [0.1, 0.15) is 5.60 Å². The lowest BCUT2D eigenvalue weighted by molar-refractivity contribution is 0.0243. The molecule has 22 heavy (non-hydrogen) atoms. The molecule has 2 aliphatic heterocycles. The minimum absolute atomic E-state index is 0.169. The summed E-state index contributed by atoms with van der Waals surface area (Å²) in [6.07, 6.45) is 7.10. The quantitative estimate of drug-likeness (QED) is 0.841. The summed E-state index contributed by atoms with van der Waals surface area (Å²) in [4.78, 5) is 14.2. The molecule has 2 rings (SSSR count). The van der Waals surface area contributed by atoms with Gasteiger partial charge in [-0.3, -0.25) is 0 Å². The summed E-state index contributed by atoms with van der Waals surface area (Å²) in [5.74, 6) is 0. The number of piperidine rings is 1. The minimum atomic E-state index is -0.418. The number of hydrogen-bond acceptors (Lipinski definition) is 4. The van der Waals surface area contributed by atoms with Crippen LogP contribution in [0.2, 0.25) is 0 Å². The Morgan fingerprint density at radius 1 is 1.23 bits per heavy atom. The molecule has 0 aromatic heterocycles. The van der Waals surface area contributed by atoms with Gasteiger partial charge in [0, 0.05) is 31.7 Å². The van der Waals surface area contributed by atoms with Crippen molar-refractivity contribution in [3.8, 4) is 0 Å². The lowest BCUT2D eigenvalue weighted by Crippen LogP contribution is -2.49. The predicted octanol–water partition coefficient (Wildman–Crippen LogP) is 2.51.